The lowest BCUT2D eigenvalue weighted by molar-refractivity contribution is -0.183. The van der Waals surface area contributed by atoms with E-state index in [1.165, 1.54) is 24.1 Å². The fraction of sp³-hybridized carbons (Fsp3) is 0.562. The van der Waals surface area contributed by atoms with Crippen molar-refractivity contribution in [2.24, 2.45) is 5.92 Å². The Morgan fingerprint density at radius 2 is 2.09 bits per heavy atom. The topological polar surface area (TPSA) is 32.3 Å². The van der Waals surface area contributed by atoms with Gasteiger partial charge in [0.05, 0.1) is 5.92 Å². The molecule has 3 nitrogen and oxygen atoms in total. The lowest BCUT2D eigenvalue weighted by Gasteiger charge is -2.32. The van der Waals surface area contributed by atoms with E-state index in [0.717, 1.165) is 0 Å². The minimum atomic E-state index is -4.21. The van der Waals surface area contributed by atoms with Crippen LogP contribution in [0.25, 0.3) is 0 Å². The molecule has 2 atom stereocenters. The molecular weight excluding hydrogens is 312 g/mol. The number of benzene rings is 1. The Labute approximate surface area is 132 Å². The van der Waals surface area contributed by atoms with Gasteiger partial charge in [-0.25, -0.2) is 9.18 Å². The van der Waals surface area contributed by atoms with E-state index in [4.69, 9.17) is 0 Å². The number of amides is 2. The average Bonchev–Trinajstić information content (AvgIpc) is 2.46. The molecule has 0 heterocycles. The van der Waals surface area contributed by atoms with Crippen LogP contribution in [0.1, 0.15) is 31.2 Å². The van der Waals surface area contributed by atoms with Crippen LogP contribution >= 0.6 is 0 Å². The van der Waals surface area contributed by atoms with Crippen LogP contribution in [-0.2, 0) is 6.54 Å². The first kappa shape index (κ1) is 17.6. The summed E-state index contributed by atoms with van der Waals surface area (Å²) in [5, 5.41) is 2.65. The van der Waals surface area contributed by atoms with Crippen molar-refractivity contribution < 1.29 is 22.4 Å². The second-order valence-electron chi connectivity index (χ2n) is 6.04. The Morgan fingerprint density at radius 3 is 2.74 bits per heavy atom. The van der Waals surface area contributed by atoms with Gasteiger partial charge < -0.3 is 10.2 Å². The van der Waals surface area contributed by atoms with E-state index in [0.29, 0.717) is 18.4 Å². The van der Waals surface area contributed by atoms with Crippen molar-refractivity contribution in [2.45, 2.75) is 44.4 Å². The van der Waals surface area contributed by atoms with Crippen LogP contribution in [0.3, 0.4) is 0 Å². The molecule has 7 heteroatoms. The second-order valence-corrected chi connectivity index (χ2v) is 6.04. The molecule has 1 aromatic carbocycles. The fourth-order valence-corrected chi connectivity index (χ4v) is 2.88. The number of nitrogens with zero attached hydrogens (tertiary/aromatic N) is 1. The molecule has 2 rings (SSSR count). The SMILES string of the molecule is CN(Cc1cccc(F)c1)C(=O)N[C@H]1CCC[C@@H](C(F)(F)F)C1. The predicted molar refractivity (Wildman–Crippen MR) is 78.2 cm³/mol. The molecule has 0 aromatic heterocycles. The number of carbonyl (C=O) groups excluding carboxylic acids is 1. The van der Waals surface area contributed by atoms with Crippen LogP contribution in [0, 0.1) is 11.7 Å². The highest BCUT2D eigenvalue weighted by atomic mass is 19.4. The normalized spacial score (nSPS) is 21.8. The Kier molecular flexibility index (Phi) is 5.49. The van der Waals surface area contributed by atoms with Crippen molar-refractivity contribution in [1.29, 1.82) is 0 Å². The van der Waals surface area contributed by atoms with Crippen LogP contribution in [0.5, 0.6) is 0 Å². The van der Waals surface area contributed by atoms with Crippen LogP contribution in [0.15, 0.2) is 24.3 Å². The van der Waals surface area contributed by atoms with Crippen LogP contribution < -0.4 is 5.32 Å². The summed E-state index contributed by atoms with van der Waals surface area (Å²) in [5.41, 5.74) is 0.625. The zero-order chi connectivity index (χ0) is 17.0. The highest BCUT2D eigenvalue weighted by Crippen LogP contribution is 2.37. The summed E-state index contributed by atoms with van der Waals surface area (Å²) >= 11 is 0. The van der Waals surface area contributed by atoms with Gasteiger partial charge in [0.1, 0.15) is 5.82 Å². The van der Waals surface area contributed by atoms with E-state index in [1.54, 1.807) is 12.1 Å². The zero-order valence-corrected chi connectivity index (χ0v) is 12.9. The molecule has 1 aliphatic carbocycles. The Balaban J connectivity index is 1.88. The van der Waals surface area contributed by atoms with Gasteiger partial charge in [-0.1, -0.05) is 18.6 Å². The van der Waals surface area contributed by atoms with Crippen LogP contribution in [0.2, 0.25) is 0 Å². The highest BCUT2D eigenvalue weighted by Gasteiger charge is 2.42. The number of nitrogens with one attached hydrogen (secondary N) is 1. The van der Waals surface area contributed by atoms with Crippen molar-refractivity contribution >= 4 is 6.03 Å². The summed E-state index contributed by atoms with van der Waals surface area (Å²) in [4.78, 5) is 13.4. The fourth-order valence-electron chi connectivity index (χ4n) is 2.88. The lowest BCUT2D eigenvalue weighted by atomic mass is 9.85. The Morgan fingerprint density at radius 1 is 1.35 bits per heavy atom. The number of carbonyl (C=O) groups is 1. The third-order valence-electron chi connectivity index (χ3n) is 4.12. The molecule has 1 aliphatic rings. The minimum absolute atomic E-state index is 0.0803. The van der Waals surface area contributed by atoms with E-state index >= 15 is 0 Å². The smallest absolute Gasteiger partial charge is 0.335 e. The largest absolute Gasteiger partial charge is 0.391 e. The van der Waals surface area contributed by atoms with Crippen molar-refractivity contribution in [3.05, 3.63) is 35.6 Å². The maximum atomic E-state index is 13.1. The average molecular weight is 332 g/mol. The Bertz CT molecular complexity index is 547. The van der Waals surface area contributed by atoms with E-state index < -0.39 is 30.0 Å². The molecule has 2 amide bonds. The quantitative estimate of drug-likeness (QED) is 0.831. The summed E-state index contributed by atoms with van der Waals surface area (Å²) in [7, 11) is 1.53. The van der Waals surface area contributed by atoms with Gasteiger partial charge in [0.2, 0.25) is 0 Å². The molecule has 1 aromatic rings. The molecule has 1 fully saturated rings. The molecule has 1 N–H and O–H groups in total. The minimum Gasteiger partial charge on any atom is -0.335 e. The third-order valence-corrected chi connectivity index (χ3v) is 4.12. The molecule has 128 valence electrons. The van der Waals surface area contributed by atoms with Crippen LogP contribution in [-0.4, -0.2) is 30.2 Å². The van der Waals surface area contributed by atoms with E-state index in [-0.39, 0.29) is 19.4 Å². The summed E-state index contributed by atoms with van der Waals surface area (Å²) < 4.78 is 51.5. The maximum absolute atomic E-state index is 13.1. The van der Waals surface area contributed by atoms with Crippen LogP contribution in [0.4, 0.5) is 22.4 Å². The molecule has 23 heavy (non-hydrogen) atoms. The summed E-state index contributed by atoms with van der Waals surface area (Å²) in [5.74, 6) is -1.74. The summed E-state index contributed by atoms with van der Waals surface area (Å²) in [6.07, 6.45) is -3.18. The first-order valence-corrected chi connectivity index (χ1v) is 7.58. The molecule has 0 aliphatic heterocycles. The molecule has 0 bridgehead atoms. The number of hydrogen-bond donors (Lipinski definition) is 1. The van der Waals surface area contributed by atoms with Crippen molar-refractivity contribution in [3.63, 3.8) is 0 Å². The van der Waals surface area contributed by atoms with Gasteiger partial charge in [0.25, 0.3) is 0 Å². The first-order chi connectivity index (χ1) is 10.8. The third kappa shape index (κ3) is 5.11. The van der Waals surface area contributed by atoms with Gasteiger partial charge in [-0.2, -0.15) is 13.2 Å². The number of rotatable bonds is 3. The molecule has 0 saturated heterocycles. The summed E-state index contributed by atoms with van der Waals surface area (Å²) in [6.45, 7) is 0.193. The zero-order valence-electron chi connectivity index (χ0n) is 12.9. The number of urea groups is 1. The van der Waals surface area contributed by atoms with Crippen molar-refractivity contribution in [1.82, 2.24) is 10.2 Å². The molecule has 0 unspecified atom stereocenters. The van der Waals surface area contributed by atoms with Gasteiger partial charge in [-0.05, 0) is 37.0 Å². The molecule has 0 spiro atoms. The molecular formula is C16H20F4N2O. The van der Waals surface area contributed by atoms with Crippen molar-refractivity contribution in [3.8, 4) is 0 Å². The Hall–Kier alpha value is -1.79. The van der Waals surface area contributed by atoms with Gasteiger partial charge in [0.15, 0.2) is 0 Å². The van der Waals surface area contributed by atoms with E-state index in [2.05, 4.69) is 5.32 Å². The number of hydrogen-bond acceptors (Lipinski definition) is 1. The monoisotopic (exact) mass is 332 g/mol. The second kappa shape index (κ2) is 7.19. The summed E-state index contributed by atoms with van der Waals surface area (Å²) in [6, 6.07) is 4.95. The van der Waals surface area contributed by atoms with Gasteiger partial charge >= 0.3 is 12.2 Å². The standard InChI is InChI=1S/C16H20F4N2O/c1-22(10-11-4-2-6-13(17)8-11)15(23)21-14-7-3-5-12(9-14)16(18,19)20/h2,4,6,8,12,14H,3,5,7,9-10H2,1H3,(H,21,23)/t12-,14+/m1/s1. The van der Waals surface area contributed by atoms with Gasteiger partial charge in [-0.3, -0.25) is 0 Å². The molecule has 0 radical (unpaired) electrons. The van der Waals surface area contributed by atoms with Crippen molar-refractivity contribution in [2.75, 3.05) is 7.05 Å². The first-order valence-electron chi connectivity index (χ1n) is 7.58. The molecule has 1 saturated carbocycles. The maximum Gasteiger partial charge on any atom is 0.391 e. The van der Waals surface area contributed by atoms with Gasteiger partial charge in [-0.15, -0.1) is 0 Å². The number of halogens is 4. The lowest BCUT2D eigenvalue weighted by Crippen LogP contribution is -2.46. The predicted octanol–water partition coefficient (Wildman–Crippen LogP) is 4.09. The van der Waals surface area contributed by atoms with E-state index in [9.17, 15) is 22.4 Å². The van der Waals surface area contributed by atoms with E-state index in [1.807, 2.05) is 0 Å². The number of alkyl halides is 3. The highest BCUT2D eigenvalue weighted by molar-refractivity contribution is 5.74. The van der Waals surface area contributed by atoms with Gasteiger partial charge in [0, 0.05) is 19.6 Å².